The first kappa shape index (κ1) is 19.2. The number of rotatable bonds is 4. The van der Waals surface area contributed by atoms with Gasteiger partial charge in [0.25, 0.3) is 11.5 Å². The van der Waals surface area contributed by atoms with Gasteiger partial charge < -0.3 is 14.6 Å². The van der Waals surface area contributed by atoms with Gasteiger partial charge in [0.15, 0.2) is 0 Å². The Hall–Kier alpha value is -3.12. The number of H-pyrrole nitrogens is 1. The molecule has 0 saturated heterocycles. The smallest absolute Gasteiger partial charge is 0.256 e. The van der Waals surface area contributed by atoms with Crippen molar-refractivity contribution in [2.75, 3.05) is 13.7 Å². The third-order valence-corrected chi connectivity index (χ3v) is 5.34. The van der Waals surface area contributed by atoms with Gasteiger partial charge in [-0.05, 0) is 29.8 Å². The summed E-state index contributed by atoms with van der Waals surface area (Å²) in [5.41, 5.74) is 2.51. The van der Waals surface area contributed by atoms with Crippen molar-refractivity contribution in [3.8, 4) is 5.75 Å². The van der Waals surface area contributed by atoms with Gasteiger partial charge >= 0.3 is 0 Å². The second-order valence-corrected chi connectivity index (χ2v) is 7.33. The highest BCUT2D eigenvalue weighted by Gasteiger charge is 2.26. The molecule has 0 bridgehead atoms. The van der Waals surface area contributed by atoms with Crippen LogP contribution in [0.15, 0.2) is 53.3 Å². The largest absolute Gasteiger partial charge is 0.497 e. The van der Waals surface area contributed by atoms with E-state index in [4.69, 9.17) is 16.3 Å². The molecule has 0 unspecified atom stereocenters. The first-order chi connectivity index (χ1) is 14.0. The van der Waals surface area contributed by atoms with Crippen LogP contribution in [0.3, 0.4) is 0 Å². The first-order valence-electron chi connectivity index (χ1n) is 9.33. The van der Waals surface area contributed by atoms with Crippen molar-refractivity contribution < 1.29 is 9.53 Å². The summed E-state index contributed by atoms with van der Waals surface area (Å²) in [5, 5.41) is 0.406. The molecular formula is C22H20ClN3O3. The number of carbonyl (C=O) groups is 1. The zero-order valence-electron chi connectivity index (χ0n) is 15.9. The number of carbonyl (C=O) groups excluding carboxylic acids is 1. The molecule has 0 spiro atoms. The van der Waals surface area contributed by atoms with Gasteiger partial charge in [-0.3, -0.25) is 9.59 Å². The van der Waals surface area contributed by atoms with Gasteiger partial charge in [-0.25, -0.2) is 4.98 Å². The minimum Gasteiger partial charge on any atom is -0.497 e. The molecule has 0 radical (unpaired) electrons. The second-order valence-electron chi connectivity index (χ2n) is 6.92. The lowest BCUT2D eigenvalue weighted by atomic mass is 10.0. The first-order valence-corrected chi connectivity index (χ1v) is 9.70. The average molecular weight is 410 g/mol. The van der Waals surface area contributed by atoms with E-state index in [1.165, 1.54) is 0 Å². The minimum atomic E-state index is -0.204. The normalized spacial score (nSPS) is 13.1. The Balaban J connectivity index is 1.56. The van der Waals surface area contributed by atoms with Crippen LogP contribution < -0.4 is 10.3 Å². The van der Waals surface area contributed by atoms with E-state index in [9.17, 15) is 9.59 Å². The average Bonchev–Trinajstić information content (AvgIpc) is 2.73. The third-order valence-electron chi connectivity index (χ3n) is 5.01. The molecule has 0 aliphatic carbocycles. The number of benzene rings is 2. The Bertz CT molecular complexity index is 1130. The summed E-state index contributed by atoms with van der Waals surface area (Å²) >= 11 is 6.15. The number of fused-ring (bicyclic) bond motifs is 1. The molecule has 1 aliphatic rings. The minimum absolute atomic E-state index is 0.180. The van der Waals surface area contributed by atoms with E-state index in [0.717, 1.165) is 17.0 Å². The van der Waals surface area contributed by atoms with Gasteiger partial charge in [-0.1, -0.05) is 35.9 Å². The van der Waals surface area contributed by atoms with E-state index >= 15 is 0 Å². The predicted molar refractivity (Wildman–Crippen MR) is 111 cm³/mol. The van der Waals surface area contributed by atoms with Crippen molar-refractivity contribution in [1.29, 1.82) is 0 Å². The number of aromatic amines is 1. The predicted octanol–water partition coefficient (Wildman–Crippen LogP) is 3.22. The van der Waals surface area contributed by atoms with E-state index < -0.39 is 0 Å². The number of nitrogens with one attached hydrogen (secondary N) is 1. The fourth-order valence-corrected chi connectivity index (χ4v) is 3.73. The van der Waals surface area contributed by atoms with E-state index in [1.807, 2.05) is 24.3 Å². The van der Waals surface area contributed by atoms with E-state index in [2.05, 4.69) is 9.97 Å². The summed E-state index contributed by atoms with van der Waals surface area (Å²) in [4.78, 5) is 34.6. The van der Waals surface area contributed by atoms with Gasteiger partial charge in [-0.2, -0.15) is 0 Å². The number of nitrogens with zero attached hydrogens (tertiary/aromatic N) is 2. The monoisotopic (exact) mass is 409 g/mol. The highest BCUT2D eigenvalue weighted by atomic mass is 35.5. The number of halogens is 1. The van der Waals surface area contributed by atoms with Crippen molar-refractivity contribution in [1.82, 2.24) is 14.9 Å². The number of hydrogen-bond donors (Lipinski definition) is 1. The molecule has 4 rings (SSSR count). The fourth-order valence-electron chi connectivity index (χ4n) is 3.51. The van der Waals surface area contributed by atoms with Gasteiger partial charge in [0.2, 0.25) is 0 Å². The van der Waals surface area contributed by atoms with Crippen LogP contribution in [-0.4, -0.2) is 34.4 Å². The number of hydrogen-bond acceptors (Lipinski definition) is 4. The zero-order chi connectivity index (χ0) is 20.4. The van der Waals surface area contributed by atoms with Crippen LogP contribution in [0.1, 0.15) is 33.0 Å². The van der Waals surface area contributed by atoms with Crippen LogP contribution >= 0.6 is 11.6 Å². The van der Waals surface area contributed by atoms with E-state index in [-0.39, 0.29) is 18.0 Å². The maximum absolute atomic E-state index is 12.8. The molecule has 0 saturated carbocycles. The molecule has 2 heterocycles. The van der Waals surface area contributed by atoms with Crippen LogP contribution in [0, 0.1) is 0 Å². The van der Waals surface area contributed by atoms with Gasteiger partial charge in [0, 0.05) is 19.4 Å². The molecule has 1 amide bonds. The van der Waals surface area contributed by atoms with Gasteiger partial charge in [-0.15, -0.1) is 0 Å². The summed E-state index contributed by atoms with van der Waals surface area (Å²) < 4.78 is 5.25. The molecule has 0 atom stereocenters. The maximum atomic E-state index is 12.8. The van der Waals surface area contributed by atoms with Gasteiger partial charge in [0.05, 0.1) is 35.5 Å². The Morgan fingerprint density at radius 3 is 2.86 bits per heavy atom. The van der Waals surface area contributed by atoms with Crippen LogP contribution in [0.4, 0.5) is 0 Å². The molecule has 2 aromatic carbocycles. The Morgan fingerprint density at radius 1 is 1.24 bits per heavy atom. The standard InChI is InChI=1S/C22H20ClN3O3/c1-29-15-6-4-5-14(11-15)12-20-24-19-9-10-26(13-17(19)21(27)25-20)22(28)16-7-2-3-8-18(16)23/h2-8,11H,9-10,12-13H2,1H3,(H,24,25,27). The molecule has 1 aliphatic heterocycles. The van der Waals surface area contributed by atoms with E-state index in [1.54, 1.807) is 36.3 Å². The van der Waals surface area contributed by atoms with Crippen molar-refractivity contribution in [2.45, 2.75) is 19.4 Å². The van der Waals surface area contributed by atoms with Crippen LogP contribution in [-0.2, 0) is 19.4 Å². The molecular weight excluding hydrogens is 390 g/mol. The molecule has 0 fully saturated rings. The topological polar surface area (TPSA) is 75.3 Å². The molecule has 7 heteroatoms. The maximum Gasteiger partial charge on any atom is 0.256 e. The van der Waals surface area contributed by atoms with Crippen molar-refractivity contribution in [2.24, 2.45) is 0 Å². The molecule has 6 nitrogen and oxygen atoms in total. The number of amides is 1. The number of methoxy groups -OCH3 is 1. The van der Waals surface area contributed by atoms with Crippen molar-refractivity contribution >= 4 is 17.5 Å². The molecule has 1 N–H and O–H groups in total. The Kier molecular flexibility index (Phi) is 5.36. The van der Waals surface area contributed by atoms with Crippen molar-refractivity contribution in [3.63, 3.8) is 0 Å². The number of aromatic nitrogens is 2. The Labute approximate surface area is 173 Å². The summed E-state index contributed by atoms with van der Waals surface area (Å²) in [7, 11) is 1.62. The lowest BCUT2D eigenvalue weighted by Crippen LogP contribution is -2.40. The summed E-state index contributed by atoms with van der Waals surface area (Å²) in [5.74, 6) is 1.19. The van der Waals surface area contributed by atoms with Crippen LogP contribution in [0.25, 0.3) is 0 Å². The quantitative estimate of drug-likeness (QED) is 0.717. The molecule has 148 valence electrons. The van der Waals surface area contributed by atoms with Crippen LogP contribution in [0.2, 0.25) is 5.02 Å². The highest BCUT2D eigenvalue weighted by molar-refractivity contribution is 6.33. The van der Waals surface area contributed by atoms with Gasteiger partial charge in [0.1, 0.15) is 11.6 Å². The summed E-state index contributed by atoms with van der Waals surface area (Å²) in [6.07, 6.45) is 1.03. The third kappa shape index (κ3) is 4.03. The lowest BCUT2D eigenvalue weighted by Gasteiger charge is -2.28. The highest BCUT2D eigenvalue weighted by Crippen LogP contribution is 2.22. The lowest BCUT2D eigenvalue weighted by molar-refractivity contribution is 0.0732. The number of ether oxygens (including phenoxy) is 1. The van der Waals surface area contributed by atoms with E-state index in [0.29, 0.717) is 41.4 Å². The second kappa shape index (κ2) is 8.09. The van der Waals surface area contributed by atoms with Crippen LogP contribution in [0.5, 0.6) is 5.75 Å². The fraction of sp³-hybridized carbons (Fsp3) is 0.227. The summed E-state index contributed by atoms with van der Waals surface area (Å²) in [6.45, 7) is 0.716. The Morgan fingerprint density at radius 2 is 2.07 bits per heavy atom. The molecule has 3 aromatic rings. The SMILES string of the molecule is COc1cccc(Cc2nc3c(c(=O)[nH]2)CN(C(=O)c2ccccc2Cl)CC3)c1. The summed E-state index contributed by atoms with van der Waals surface area (Å²) in [6, 6.07) is 14.6. The zero-order valence-corrected chi connectivity index (χ0v) is 16.7. The van der Waals surface area contributed by atoms with Crippen molar-refractivity contribution in [3.05, 3.63) is 92.1 Å². The molecule has 29 heavy (non-hydrogen) atoms. The molecule has 1 aromatic heterocycles.